The first-order valence-electron chi connectivity index (χ1n) is 10.8. The van der Waals surface area contributed by atoms with Crippen LogP contribution in [0.25, 0.3) is 22.8 Å². The number of unbranched alkanes of at least 4 members (excludes halogenated alkanes) is 1. The van der Waals surface area contributed by atoms with Crippen molar-refractivity contribution < 1.29 is 23.5 Å². The number of anilines is 1. The first-order chi connectivity index (χ1) is 15.5. The van der Waals surface area contributed by atoms with Crippen LogP contribution in [0.4, 0.5) is 5.69 Å². The number of aromatic nitrogens is 2. The van der Waals surface area contributed by atoms with Crippen LogP contribution in [-0.2, 0) is 9.53 Å². The van der Waals surface area contributed by atoms with Crippen molar-refractivity contribution in [2.75, 3.05) is 18.9 Å². The Morgan fingerprint density at radius 3 is 2.53 bits per heavy atom. The van der Waals surface area contributed by atoms with Gasteiger partial charge in [0.1, 0.15) is 11.5 Å². The van der Waals surface area contributed by atoms with Gasteiger partial charge in [0.15, 0.2) is 0 Å². The Morgan fingerprint density at radius 2 is 1.84 bits per heavy atom. The molecule has 0 radical (unpaired) electrons. The molecule has 2 N–H and O–H groups in total. The fourth-order valence-electron chi connectivity index (χ4n) is 3.00. The highest BCUT2D eigenvalue weighted by Gasteiger charge is 2.13. The zero-order valence-corrected chi connectivity index (χ0v) is 18.7. The smallest absolute Gasteiger partial charge is 0.305 e. The Bertz CT molecular complexity index is 1010. The molecule has 1 heterocycles. The van der Waals surface area contributed by atoms with Gasteiger partial charge in [0, 0.05) is 17.5 Å². The number of benzene rings is 2. The molecule has 0 amide bonds. The first-order valence-corrected chi connectivity index (χ1v) is 10.8. The SMILES string of the molecule is CCOC(=O)CCCCOc1ccc(-c2noc(-c3ccc(OC(C)C)c(N)c3)n2)cc1. The molecule has 0 aliphatic carbocycles. The largest absolute Gasteiger partial charge is 0.494 e. The number of carbonyl (C=O) groups excluding carboxylic acids is 1. The number of carbonyl (C=O) groups is 1. The Morgan fingerprint density at radius 1 is 1.09 bits per heavy atom. The second-order valence-electron chi connectivity index (χ2n) is 7.48. The third kappa shape index (κ3) is 6.47. The molecule has 3 rings (SSSR count). The number of nitrogens with two attached hydrogens (primary N) is 1. The van der Waals surface area contributed by atoms with Gasteiger partial charge < -0.3 is 24.5 Å². The van der Waals surface area contributed by atoms with E-state index in [0.29, 0.717) is 42.8 Å². The standard InChI is InChI=1S/C24H29N3O5/c1-4-29-22(28)7-5-6-14-30-19-11-8-17(9-12-19)23-26-24(32-27-23)18-10-13-21(20(25)15-18)31-16(2)3/h8-13,15-16H,4-7,14,25H2,1-3H3. The lowest BCUT2D eigenvalue weighted by molar-refractivity contribution is -0.143. The maximum absolute atomic E-state index is 11.3. The first kappa shape index (κ1) is 23.1. The highest BCUT2D eigenvalue weighted by molar-refractivity contribution is 5.69. The molecule has 1 aromatic heterocycles. The maximum Gasteiger partial charge on any atom is 0.305 e. The van der Waals surface area contributed by atoms with Gasteiger partial charge in [-0.2, -0.15) is 4.98 Å². The predicted octanol–water partition coefficient (Wildman–Crippen LogP) is 4.89. The van der Waals surface area contributed by atoms with Gasteiger partial charge in [0.25, 0.3) is 5.89 Å². The molecule has 32 heavy (non-hydrogen) atoms. The van der Waals surface area contributed by atoms with E-state index in [0.717, 1.165) is 29.7 Å². The van der Waals surface area contributed by atoms with Gasteiger partial charge in [0.2, 0.25) is 5.82 Å². The molecular weight excluding hydrogens is 410 g/mol. The van der Waals surface area contributed by atoms with Crippen LogP contribution in [0.3, 0.4) is 0 Å². The number of hydrogen-bond acceptors (Lipinski definition) is 8. The van der Waals surface area contributed by atoms with E-state index in [9.17, 15) is 4.79 Å². The van der Waals surface area contributed by atoms with Crippen molar-refractivity contribution in [1.82, 2.24) is 10.1 Å². The van der Waals surface area contributed by atoms with E-state index in [1.54, 1.807) is 19.1 Å². The molecule has 2 aromatic carbocycles. The van der Waals surface area contributed by atoms with Crippen molar-refractivity contribution in [3.8, 4) is 34.3 Å². The number of nitrogen functional groups attached to an aromatic ring is 1. The topological polar surface area (TPSA) is 110 Å². The summed E-state index contributed by atoms with van der Waals surface area (Å²) in [5, 5.41) is 4.07. The highest BCUT2D eigenvalue weighted by Crippen LogP contribution is 2.30. The molecule has 0 bridgehead atoms. The molecule has 0 aliphatic rings. The predicted molar refractivity (Wildman–Crippen MR) is 121 cm³/mol. The van der Waals surface area contributed by atoms with E-state index in [4.69, 9.17) is 24.5 Å². The fourth-order valence-corrected chi connectivity index (χ4v) is 3.00. The second kappa shape index (κ2) is 11.2. The fraction of sp³-hybridized carbons (Fsp3) is 0.375. The number of nitrogens with zero attached hydrogens (tertiary/aromatic N) is 2. The summed E-state index contributed by atoms with van der Waals surface area (Å²) in [5.74, 6) is 2.05. The van der Waals surface area contributed by atoms with Crippen LogP contribution in [0.2, 0.25) is 0 Å². The minimum atomic E-state index is -0.168. The van der Waals surface area contributed by atoms with Crippen LogP contribution in [0.1, 0.15) is 40.0 Å². The molecule has 0 unspecified atom stereocenters. The highest BCUT2D eigenvalue weighted by atomic mass is 16.5. The summed E-state index contributed by atoms with van der Waals surface area (Å²) in [6.45, 7) is 6.64. The van der Waals surface area contributed by atoms with Gasteiger partial charge in [-0.05, 0) is 76.1 Å². The lowest BCUT2D eigenvalue weighted by atomic mass is 10.2. The average molecular weight is 440 g/mol. The Kier molecular flexibility index (Phi) is 8.08. The molecule has 0 saturated heterocycles. The summed E-state index contributed by atoms with van der Waals surface area (Å²) >= 11 is 0. The molecule has 0 aliphatic heterocycles. The third-order valence-corrected chi connectivity index (χ3v) is 4.51. The number of ether oxygens (including phenoxy) is 3. The number of rotatable bonds is 11. The Hall–Kier alpha value is -3.55. The lowest BCUT2D eigenvalue weighted by Gasteiger charge is -2.12. The van der Waals surface area contributed by atoms with E-state index in [1.165, 1.54) is 0 Å². The zero-order chi connectivity index (χ0) is 22.9. The molecule has 170 valence electrons. The van der Waals surface area contributed by atoms with E-state index in [-0.39, 0.29) is 12.1 Å². The minimum absolute atomic E-state index is 0.0368. The summed E-state index contributed by atoms with van der Waals surface area (Å²) < 4.78 is 21.7. The minimum Gasteiger partial charge on any atom is -0.494 e. The molecule has 0 spiro atoms. The molecule has 8 nitrogen and oxygen atoms in total. The van der Waals surface area contributed by atoms with E-state index < -0.39 is 0 Å². The third-order valence-electron chi connectivity index (χ3n) is 4.51. The summed E-state index contributed by atoms with van der Waals surface area (Å²) in [6, 6.07) is 12.8. The maximum atomic E-state index is 11.3. The van der Waals surface area contributed by atoms with Crippen LogP contribution in [0.15, 0.2) is 47.0 Å². The Balaban J connectivity index is 1.55. The van der Waals surface area contributed by atoms with Crippen LogP contribution >= 0.6 is 0 Å². The van der Waals surface area contributed by atoms with Crippen LogP contribution in [0.5, 0.6) is 11.5 Å². The summed E-state index contributed by atoms with van der Waals surface area (Å²) in [6.07, 6.45) is 1.96. The van der Waals surface area contributed by atoms with Crippen molar-refractivity contribution in [3.63, 3.8) is 0 Å². The molecular formula is C24H29N3O5. The van der Waals surface area contributed by atoms with Crippen molar-refractivity contribution in [2.24, 2.45) is 0 Å². The van der Waals surface area contributed by atoms with Gasteiger partial charge in [-0.1, -0.05) is 5.16 Å². The molecule has 3 aromatic rings. The van der Waals surface area contributed by atoms with Gasteiger partial charge >= 0.3 is 5.97 Å². The zero-order valence-electron chi connectivity index (χ0n) is 18.7. The van der Waals surface area contributed by atoms with Gasteiger partial charge in [0.05, 0.1) is 25.0 Å². The quantitative estimate of drug-likeness (QED) is 0.256. The second-order valence-corrected chi connectivity index (χ2v) is 7.48. The van der Waals surface area contributed by atoms with Gasteiger partial charge in [-0.15, -0.1) is 0 Å². The number of hydrogen-bond donors (Lipinski definition) is 1. The van der Waals surface area contributed by atoms with Crippen LogP contribution < -0.4 is 15.2 Å². The number of esters is 1. The molecule has 0 saturated carbocycles. The van der Waals surface area contributed by atoms with E-state index in [1.807, 2.05) is 44.2 Å². The summed E-state index contributed by atoms with van der Waals surface area (Å²) in [7, 11) is 0. The van der Waals surface area contributed by atoms with E-state index in [2.05, 4.69) is 10.1 Å². The Labute approximate surface area is 187 Å². The van der Waals surface area contributed by atoms with Gasteiger partial charge in [-0.3, -0.25) is 4.79 Å². The van der Waals surface area contributed by atoms with Crippen molar-refractivity contribution in [3.05, 3.63) is 42.5 Å². The monoisotopic (exact) mass is 439 g/mol. The van der Waals surface area contributed by atoms with Gasteiger partial charge in [-0.25, -0.2) is 0 Å². The van der Waals surface area contributed by atoms with E-state index >= 15 is 0 Å². The summed E-state index contributed by atoms with van der Waals surface area (Å²) in [5.41, 5.74) is 8.12. The average Bonchev–Trinajstić information content (AvgIpc) is 3.25. The molecule has 0 atom stereocenters. The van der Waals surface area contributed by atoms with Crippen LogP contribution in [-0.4, -0.2) is 35.4 Å². The van der Waals surface area contributed by atoms with Crippen molar-refractivity contribution in [1.29, 1.82) is 0 Å². The lowest BCUT2D eigenvalue weighted by Crippen LogP contribution is -2.07. The summed E-state index contributed by atoms with van der Waals surface area (Å²) in [4.78, 5) is 15.8. The molecule has 8 heteroatoms. The van der Waals surface area contributed by atoms with Crippen molar-refractivity contribution >= 4 is 11.7 Å². The van der Waals surface area contributed by atoms with Crippen LogP contribution in [0, 0.1) is 0 Å². The van der Waals surface area contributed by atoms with Crippen molar-refractivity contribution in [2.45, 2.75) is 46.1 Å². The molecule has 0 fully saturated rings. The normalized spacial score (nSPS) is 10.9.